The van der Waals surface area contributed by atoms with Crippen molar-refractivity contribution in [2.24, 2.45) is 0 Å². The first kappa shape index (κ1) is 23.0. The zero-order valence-electron chi connectivity index (χ0n) is 16.7. The minimum Gasteiger partial charge on any atom is -0.399 e. The molecule has 4 aromatic carbocycles. The molecule has 4 rings (SSSR count). The summed E-state index contributed by atoms with van der Waals surface area (Å²) in [7, 11) is 0. The molecule has 31 heavy (non-hydrogen) atoms. The van der Waals surface area contributed by atoms with E-state index in [9.17, 15) is 0 Å². The van der Waals surface area contributed by atoms with Crippen LogP contribution in [-0.2, 0) is 6.16 Å². The van der Waals surface area contributed by atoms with Crippen molar-refractivity contribution in [1.82, 2.24) is 0 Å². The Morgan fingerprint density at radius 2 is 1.26 bits per heavy atom. The van der Waals surface area contributed by atoms with Gasteiger partial charge < -0.3 is 5.73 Å². The van der Waals surface area contributed by atoms with Crippen molar-refractivity contribution in [2.75, 3.05) is 5.73 Å². The molecule has 1 atom stereocenters. The van der Waals surface area contributed by atoms with Crippen molar-refractivity contribution in [3.05, 3.63) is 125 Å². The standard InChI is InChI=1S/C14H11BrClN2P.C12H10/c1-18-13-8-7-12(17)11(14(13)16)9-19(15)10-5-3-2-4-6-10;1-3-7-11(8-4-1)12-9-5-2-6-10-12/h2-8H,9,17H2;1-10H. The summed E-state index contributed by atoms with van der Waals surface area (Å²) >= 11 is 9.95. The summed E-state index contributed by atoms with van der Waals surface area (Å²) in [4.78, 5) is 3.41. The number of halogens is 2. The first-order valence-electron chi connectivity index (χ1n) is 9.63. The van der Waals surface area contributed by atoms with Gasteiger partial charge in [-0.1, -0.05) is 124 Å². The van der Waals surface area contributed by atoms with E-state index >= 15 is 0 Å². The molecule has 0 aliphatic carbocycles. The summed E-state index contributed by atoms with van der Waals surface area (Å²) in [5, 5.41) is 1.69. The molecule has 0 amide bonds. The maximum Gasteiger partial charge on any atom is 0.205 e. The maximum absolute atomic E-state index is 7.09. The summed E-state index contributed by atoms with van der Waals surface area (Å²) in [6, 6.07) is 34.3. The van der Waals surface area contributed by atoms with Crippen LogP contribution < -0.4 is 11.0 Å². The van der Waals surface area contributed by atoms with Crippen LogP contribution >= 0.6 is 33.7 Å². The SMILES string of the molecule is [C-]#[N+]c1ccc(N)c(CP(Br)c2ccccc2)c1Cl.c1ccc(-c2ccccc2)cc1. The van der Waals surface area contributed by atoms with Gasteiger partial charge in [-0.3, -0.25) is 0 Å². The van der Waals surface area contributed by atoms with Gasteiger partial charge in [0.05, 0.1) is 11.6 Å². The van der Waals surface area contributed by atoms with E-state index in [0.717, 1.165) is 5.56 Å². The molecule has 0 aromatic heterocycles. The van der Waals surface area contributed by atoms with Crippen molar-refractivity contribution >= 4 is 50.4 Å². The zero-order chi connectivity index (χ0) is 22.1. The van der Waals surface area contributed by atoms with Crippen LogP contribution in [0.2, 0.25) is 5.02 Å². The number of anilines is 1. The van der Waals surface area contributed by atoms with Gasteiger partial charge in [0.2, 0.25) is 5.69 Å². The highest BCUT2D eigenvalue weighted by Gasteiger charge is 2.15. The number of nitrogens with two attached hydrogens (primary N) is 1. The molecule has 1 unspecified atom stereocenters. The second kappa shape index (κ2) is 11.7. The molecule has 0 aliphatic rings. The Bertz CT molecular complexity index is 1110. The van der Waals surface area contributed by atoms with Crippen molar-refractivity contribution in [2.45, 2.75) is 6.16 Å². The van der Waals surface area contributed by atoms with E-state index in [1.165, 1.54) is 16.4 Å². The van der Waals surface area contributed by atoms with E-state index in [1.807, 2.05) is 30.3 Å². The van der Waals surface area contributed by atoms with Gasteiger partial charge in [0.1, 0.15) is 0 Å². The molecule has 0 aliphatic heterocycles. The molecule has 0 radical (unpaired) electrons. The number of hydrogen-bond donors (Lipinski definition) is 1. The van der Waals surface area contributed by atoms with Crippen molar-refractivity contribution in [3.8, 4) is 11.1 Å². The Morgan fingerprint density at radius 3 is 1.74 bits per heavy atom. The summed E-state index contributed by atoms with van der Waals surface area (Å²) in [6.45, 7) is 6.53. The molecule has 0 spiro atoms. The first-order chi connectivity index (χ1) is 15.1. The second-order valence-electron chi connectivity index (χ2n) is 6.67. The Morgan fingerprint density at radius 1 is 0.774 bits per heavy atom. The van der Waals surface area contributed by atoms with Crippen LogP contribution in [0.5, 0.6) is 0 Å². The molecular formula is C26H21BrClN2P. The largest absolute Gasteiger partial charge is 0.399 e. The zero-order valence-corrected chi connectivity index (χ0v) is 20.0. The average molecular weight is 508 g/mol. The van der Waals surface area contributed by atoms with Gasteiger partial charge in [-0.2, -0.15) is 0 Å². The van der Waals surface area contributed by atoms with E-state index < -0.39 is 6.62 Å². The molecule has 2 N–H and O–H groups in total. The van der Waals surface area contributed by atoms with Gasteiger partial charge in [-0.25, -0.2) is 4.85 Å². The third kappa shape index (κ3) is 6.42. The highest BCUT2D eigenvalue weighted by molar-refractivity contribution is 9.40. The van der Waals surface area contributed by atoms with Crippen LogP contribution in [-0.4, -0.2) is 0 Å². The minimum absolute atomic E-state index is 0.454. The quantitative estimate of drug-likeness (QED) is 0.168. The Hall–Kier alpha value is -2.63. The van der Waals surface area contributed by atoms with Gasteiger partial charge in [-0.15, -0.1) is 0 Å². The van der Waals surface area contributed by atoms with Crippen LogP contribution in [0.1, 0.15) is 5.56 Å². The highest BCUT2D eigenvalue weighted by Crippen LogP contribution is 2.49. The number of benzene rings is 4. The van der Waals surface area contributed by atoms with Crippen LogP contribution in [0, 0.1) is 6.57 Å². The van der Waals surface area contributed by atoms with Gasteiger partial charge in [-0.05, 0) is 28.1 Å². The van der Waals surface area contributed by atoms with Crippen LogP contribution in [0.4, 0.5) is 11.4 Å². The molecule has 0 fully saturated rings. The third-order valence-corrected chi connectivity index (χ3v) is 8.45. The third-order valence-electron chi connectivity index (χ3n) is 4.59. The summed E-state index contributed by atoms with van der Waals surface area (Å²) < 4.78 is 0. The lowest BCUT2D eigenvalue weighted by molar-refractivity contribution is 1.42. The number of hydrogen-bond acceptors (Lipinski definition) is 1. The molecule has 4 aromatic rings. The fraction of sp³-hybridized carbons (Fsp3) is 0.0385. The maximum atomic E-state index is 7.09. The van der Waals surface area contributed by atoms with Crippen LogP contribution in [0.25, 0.3) is 16.0 Å². The highest BCUT2D eigenvalue weighted by atomic mass is 79.9. The smallest absolute Gasteiger partial charge is 0.205 e. The van der Waals surface area contributed by atoms with E-state index in [4.69, 9.17) is 23.9 Å². The Labute approximate surface area is 198 Å². The lowest BCUT2D eigenvalue weighted by Gasteiger charge is -2.14. The molecular weight excluding hydrogens is 487 g/mol. The van der Waals surface area contributed by atoms with Crippen LogP contribution in [0.3, 0.4) is 0 Å². The summed E-state index contributed by atoms with van der Waals surface area (Å²) in [5.41, 5.74) is 10.5. The topological polar surface area (TPSA) is 30.4 Å². The monoisotopic (exact) mass is 506 g/mol. The minimum atomic E-state index is -0.557. The summed E-state index contributed by atoms with van der Waals surface area (Å²) in [5.74, 6) is 0. The van der Waals surface area contributed by atoms with Gasteiger partial charge in [0, 0.05) is 18.5 Å². The molecule has 0 saturated heterocycles. The van der Waals surface area contributed by atoms with E-state index in [1.54, 1.807) is 12.1 Å². The molecule has 154 valence electrons. The van der Waals surface area contributed by atoms with E-state index in [0.29, 0.717) is 22.6 Å². The molecule has 0 heterocycles. The number of rotatable bonds is 4. The van der Waals surface area contributed by atoms with Crippen molar-refractivity contribution in [1.29, 1.82) is 0 Å². The lowest BCUT2D eigenvalue weighted by Crippen LogP contribution is -2.00. The predicted octanol–water partition coefficient (Wildman–Crippen LogP) is 8.44. The van der Waals surface area contributed by atoms with Gasteiger partial charge >= 0.3 is 0 Å². The molecule has 0 bridgehead atoms. The molecule has 0 saturated carbocycles. The summed E-state index contributed by atoms with van der Waals surface area (Å²) in [6.07, 6.45) is 0.716. The second-order valence-corrected chi connectivity index (χ2v) is 11.2. The predicted molar refractivity (Wildman–Crippen MR) is 140 cm³/mol. The first-order valence-corrected chi connectivity index (χ1v) is 13.6. The normalized spacial score (nSPS) is 11.0. The molecule has 2 nitrogen and oxygen atoms in total. The average Bonchev–Trinajstić information content (AvgIpc) is 2.84. The van der Waals surface area contributed by atoms with E-state index in [-0.39, 0.29) is 0 Å². The molecule has 5 heteroatoms. The Kier molecular flexibility index (Phi) is 8.68. The number of nitrogen functional groups attached to an aromatic ring is 1. The number of nitrogens with zero attached hydrogens (tertiary/aromatic N) is 1. The fourth-order valence-electron chi connectivity index (χ4n) is 2.95. The van der Waals surface area contributed by atoms with E-state index in [2.05, 4.69) is 81.0 Å². The van der Waals surface area contributed by atoms with Crippen LogP contribution in [0.15, 0.2) is 103 Å². The fourth-order valence-corrected chi connectivity index (χ4v) is 6.08. The van der Waals surface area contributed by atoms with Gasteiger partial charge in [0.15, 0.2) is 0 Å². The van der Waals surface area contributed by atoms with Gasteiger partial charge in [0.25, 0.3) is 0 Å². The van der Waals surface area contributed by atoms with Crippen molar-refractivity contribution in [3.63, 3.8) is 0 Å². The van der Waals surface area contributed by atoms with Crippen molar-refractivity contribution < 1.29 is 0 Å². The Balaban J connectivity index is 0.000000194. The lowest BCUT2D eigenvalue weighted by atomic mass is 10.1.